The number of halogens is 3. The van der Waals surface area contributed by atoms with Gasteiger partial charge in [0, 0.05) is 24.0 Å². The molecule has 3 aromatic heterocycles. The Labute approximate surface area is 164 Å². The molecule has 0 spiro atoms. The lowest BCUT2D eigenvalue weighted by Crippen LogP contribution is -2.25. The van der Waals surface area contributed by atoms with Crippen LogP contribution < -0.4 is 11.1 Å². The van der Waals surface area contributed by atoms with E-state index in [1.165, 1.54) is 16.8 Å². The van der Waals surface area contributed by atoms with Gasteiger partial charge >= 0.3 is 6.18 Å². The summed E-state index contributed by atoms with van der Waals surface area (Å²) in [6, 6.07) is 4.40. The number of primary amides is 1. The van der Waals surface area contributed by atoms with Gasteiger partial charge in [-0.1, -0.05) is 13.3 Å². The number of nitrogens with one attached hydrogen (secondary N) is 1. The van der Waals surface area contributed by atoms with Crippen molar-refractivity contribution in [2.45, 2.75) is 38.4 Å². The Morgan fingerprint density at radius 2 is 2.07 bits per heavy atom. The fourth-order valence-corrected chi connectivity index (χ4v) is 3.86. The van der Waals surface area contributed by atoms with Crippen molar-refractivity contribution >= 4 is 17.1 Å². The molecule has 0 aliphatic heterocycles. The zero-order chi connectivity index (χ0) is 20.8. The molecule has 0 radical (unpaired) electrons. The third-order valence-electron chi connectivity index (χ3n) is 5.48. The number of pyridine rings is 1. The monoisotopic (exact) mass is 403 g/mol. The second kappa shape index (κ2) is 7.06. The van der Waals surface area contributed by atoms with E-state index in [2.05, 4.69) is 22.3 Å². The predicted molar refractivity (Wildman–Crippen MR) is 102 cm³/mol. The van der Waals surface area contributed by atoms with Crippen LogP contribution in [0.4, 0.5) is 18.9 Å². The average molecular weight is 403 g/mol. The topological polar surface area (TPSA) is 85.3 Å². The van der Waals surface area contributed by atoms with Gasteiger partial charge in [-0.05, 0) is 42.5 Å². The quantitative estimate of drug-likeness (QED) is 0.686. The van der Waals surface area contributed by atoms with Crippen molar-refractivity contribution in [1.82, 2.24) is 14.6 Å². The molecule has 1 aliphatic rings. The highest BCUT2D eigenvalue weighted by atomic mass is 19.4. The Hall–Kier alpha value is -3.10. The van der Waals surface area contributed by atoms with E-state index in [9.17, 15) is 18.0 Å². The summed E-state index contributed by atoms with van der Waals surface area (Å²) in [5.41, 5.74) is 6.87. The number of amides is 1. The van der Waals surface area contributed by atoms with Crippen LogP contribution in [-0.2, 0) is 6.18 Å². The van der Waals surface area contributed by atoms with Gasteiger partial charge < -0.3 is 11.1 Å². The van der Waals surface area contributed by atoms with E-state index in [1.807, 2.05) is 0 Å². The first-order valence-electron chi connectivity index (χ1n) is 9.35. The van der Waals surface area contributed by atoms with Crippen LogP contribution >= 0.6 is 0 Å². The standard InChI is InChI=1S/C20H20F3N5O/c1-11-3-2-4-15(11)27-18-14(19(24)29)9-26-28-10-13(7-16(18)28)12-5-6-25-17(8-12)20(21,22)23/h5-11,15,27H,2-4H2,1H3,(H2,24,29). The van der Waals surface area contributed by atoms with Gasteiger partial charge in [0.2, 0.25) is 0 Å². The van der Waals surface area contributed by atoms with Crippen molar-refractivity contribution in [3.05, 3.63) is 48.0 Å². The van der Waals surface area contributed by atoms with Crippen LogP contribution in [0.15, 0.2) is 36.8 Å². The predicted octanol–water partition coefficient (Wildman–Crippen LogP) is 4.11. The van der Waals surface area contributed by atoms with Gasteiger partial charge in [0.1, 0.15) is 5.69 Å². The number of rotatable bonds is 4. The molecule has 6 nitrogen and oxygen atoms in total. The zero-order valence-electron chi connectivity index (χ0n) is 15.7. The van der Waals surface area contributed by atoms with E-state index in [0.717, 1.165) is 31.5 Å². The van der Waals surface area contributed by atoms with Gasteiger partial charge in [-0.2, -0.15) is 18.3 Å². The second-order valence-corrected chi connectivity index (χ2v) is 7.44. The van der Waals surface area contributed by atoms with E-state index in [-0.39, 0.29) is 11.6 Å². The number of nitrogens with zero attached hydrogens (tertiary/aromatic N) is 3. The minimum atomic E-state index is -4.53. The molecule has 1 aliphatic carbocycles. The Morgan fingerprint density at radius 3 is 2.72 bits per heavy atom. The van der Waals surface area contributed by atoms with Gasteiger partial charge in [0.05, 0.1) is 23.0 Å². The zero-order valence-corrected chi connectivity index (χ0v) is 15.7. The highest BCUT2D eigenvalue weighted by Gasteiger charge is 2.32. The normalized spacial score (nSPS) is 19.6. The van der Waals surface area contributed by atoms with Crippen LogP contribution in [0.5, 0.6) is 0 Å². The Morgan fingerprint density at radius 1 is 1.28 bits per heavy atom. The summed E-state index contributed by atoms with van der Waals surface area (Å²) >= 11 is 0. The Balaban J connectivity index is 1.81. The van der Waals surface area contributed by atoms with Crippen molar-refractivity contribution in [3.8, 4) is 11.1 Å². The van der Waals surface area contributed by atoms with Crippen LogP contribution in [0.1, 0.15) is 42.2 Å². The first kappa shape index (κ1) is 19.2. The smallest absolute Gasteiger partial charge is 0.380 e. The van der Waals surface area contributed by atoms with E-state index < -0.39 is 17.8 Å². The van der Waals surface area contributed by atoms with E-state index in [1.54, 1.807) is 12.3 Å². The van der Waals surface area contributed by atoms with E-state index in [0.29, 0.717) is 28.2 Å². The first-order valence-corrected chi connectivity index (χ1v) is 9.35. The molecule has 3 aromatic rings. The molecule has 4 rings (SSSR count). The molecule has 0 saturated heterocycles. The highest BCUT2D eigenvalue weighted by Crippen LogP contribution is 2.34. The molecule has 0 aromatic carbocycles. The molecule has 29 heavy (non-hydrogen) atoms. The summed E-state index contributed by atoms with van der Waals surface area (Å²) in [6.45, 7) is 2.15. The van der Waals surface area contributed by atoms with Crippen LogP contribution in [0, 0.1) is 5.92 Å². The Kier molecular flexibility index (Phi) is 4.68. The number of carbonyl (C=O) groups is 1. The van der Waals surface area contributed by atoms with Gasteiger partial charge in [0.25, 0.3) is 5.91 Å². The molecule has 1 saturated carbocycles. The molecule has 1 fully saturated rings. The maximum absolute atomic E-state index is 13.0. The number of alkyl halides is 3. The SMILES string of the molecule is CC1CCCC1Nc1c(C(N)=O)cnn2cc(-c3ccnc(C(F)(F)F)c3)cc12. The van der Waals surface area contributed by atoms with Gasteiger partial charge in [-0.15, -0.1) is 0 Å². The maximum Gasteiger partial charge on any atom is 0.433 e. The average Bonchev–Trinajstić information content (AvgIpc) is 3.28. The fraction of sp³-hybridized carbons (Fsp3) is 0.350. The summed E-state index contributed by atoms with van der Waals surface area (Å²) < 4.78 is 40.6. The van der Waals surface area contributed by atoms with Gasteiger partial charge in [0.15, 0.2) is 0 Å². The molecule has 0 bridgehead atoms. The lowest BCUT2D eigenvalue weighted by molar-refractivity contribution is -0.141. The lowest BCUT2D eigenvalue weighted by atomic mass is 10.0. The Bertz CT molecular complexity index is 1080. The van der Waals surface area contributed by atoms with Crippen LogP contribution in [-0.4, -0.2) is 26.5 Å². The van der Waals surface area contributed by atoms with E-state index in [4.69, 9.17) is 5.73 Å². The molecule has 3 heterocycles. The number of anilines is 1. The fourth-order valence-electron chi connectivity index (χ4n) is 3.86. The maximum atomic E-state index is 13.0. The molecular weight excluding hydrogens is 383 g/mol. The molecule has 152 valence electrons. The minimum Gasteiger partial charge on any atom is -0.380 e. The summed E-state index contributed by atoms with van der Waals surface area (Å²) in [4.78, 5) is 15.4. The van der Waals surface area contributed by atoms with Crippen LogP contribution in [0.3, 0.4) is 0 Å². The third kappa shape index (κ3) is 3.64. The van der Waals surface area contributed by atoms with E-state index >= 15 is 0 Å². The summed E-state index contributed by atoms with van der Waals surface area (Å²) in [5, 5.41) is 7.64. The number of carbonyl (C=O) groups excluding carboxylic acids is 1. The third-order valence-corrected chi connectivity index (χ3v) is 5.48. The molecular formula is C20H20F3N5O. The number of aromatic nitrogens is 3. The number of hydrogen-bond donors (Lipinski definition) is 2. The van der Waals surface area contributed by atoms with Crippen molar-refractivity contribution in [3.63, 3.8) is 0 Å². The molecule has 9 heteroatoms. The van der Waals surface area contributed by atoms with Crippen molar-refractivity contribution in [1.29, 1.82) is 0 Å². The largest absolute Gasteiger partial charge is 0.433 e. The second-order valence-electron chi connectivity index (χ2n) is 7.44. The lowest BCUT2D eigenvalue weighted by Gasteiger charge is -2.20. The first-order chi connectivity index (χ1) is 13.7. The summed E-state index contributed by atoms with van der Waals surface area (Å²) in [7, 11) is 0. The summed E-state index contributed by atoms with van der Waals surface area (Å²) in [6.07, 6.45) is 2.76. The minimum absolute atomic E-state index is 0.190. The van der Waals surface area contributed by atoms with Gasteiger partial charge in [-0.3, -0.25) is 9.78 Å². The number of hydrogen-bond acceptors (Lipinski definition) is 4. The molecule has 2 atom stereocenters. The van der Waals surface area contributed by atoms with Crippen LogP contribution in [0.25, 0.3) is 16.6 Å². The molecule has 3 N–H and O–H groups in total. The number of fused-ring (bicyclic) bond motifs is 1. The van der Waals surface area contributed by atoms with Crippen molar-refractivity contribution in [2.24, 2.45) is 11.7 Å². The van der Waals surface area contributed by atoms with Crippen LogP contribution in [0.2, 0.25) is 0 Å². The molecule has 2 unspecified atom stereocenters. The summed E-state index contributed by atoms with van der Waals surface area (Å²) in [5.74, 6) is -0.174. The number of nitrogens with two attached hydrogens (primary N) is 1. The molecule has 1 amide bonds. The van der Waals surface area contributed by atoms with Gasteiger partial charge in [-0.25, -0.2) is 4.52 Å². The highest BCUT2D eigenvalue weighted by molar-refractivity contribution is 6.02. The van der Waals surface area contributed by atoms with Crippen molar-refractivity contribution in [2.75, 3.05) is 5.32 Å². The van der Waals surface area contributed by atoms with Crippen molar-refractivity contribution < 1.29 is 18.0 Å².